The molecule has 25 heavy (non-hydrogen) atoms. The lowest BCUT2D eigenvalue weighted by Gasteiger charge is -2.35. The number of hydrogen-bond donors (Lipinski definition) is 0. The lowest BCUT2D eigenvalue weighted by Crippen LogP contribution is -2.48. The van der Waals surface area contributed by atoms with Crippen LogP contribution in [-0.2, 0) is 25.2 Å². The summed E-state index contributed by atoms with van der Waals surface area (Å²) in [4.78, 5) is 23.2. The monoisotopic (exact) mass is 410 g/mol. The second-order valence-corrected chi connectivity index (χ2v) is 8.50. The van der Waals surface area contributed by atoms with E-state index in [0.29, 0.717) is 4.78 Å². The maximum absolute atomic E-state index is 13.0. The highest BCUT2D eigenvalue weighted by atomic mass is 35.5. The zero-order chi connectivity index (χ0) is 19.0. The summed E-state index contributed by atoms with van der Waals surface area (Å²) in [6, 6.07) is 8.94. The Labute approximate surface area is 157 Å². The molecule has 1 aromatic rings. The van der Waals surface area contributed by atoms with Crippen LogP contribution in [0.5, 0.6) is 0 Å². The summed E-state index contributed by atoms with van der Waals surface area (Å²) in [5.41, 5.74) is 0.736. The molecule has 0 aliphatic heterocycles. The van der Waals surface area contributed by atoms with E-state index in [2.05, 4.69) is 0 Å². The van der Waals surface area contributed by atoms with Gasteiger partial charge in [-0.15, -0.1) is 4.78 Å². The number of nitrogens with zero attached hydrogens (tertiary/aromatic N) is 2. The highest BCUT2D eigenvalue weighted by Crippen LogP contribution is 2.51. The minimum absolute atomic E-state index is 0.0197. The Hall–Kier alpha value is -1.27. The van der Waals surface area contributed by atoms with E-state index in [1.165, 1.54) is 7.05 Å². The molecule has 1 atom stereocenters. The van der Waals surface area contributed by atoms with Crippen molar-refractivity contribution in [2.24, 2.45) is 0 Å². The van der Waals surface area contributed by atoms with E-state index in [-0.39, 0.29) is 19.4 Å². The number of benzene rings is 1. The Morgan fingerprint density at radius 2 is 1.80 bits per heavy atom. The number of rotatable bonds is 7. The fraction of sp³-hybridized carbons (Fsp3) is 0.467. The molecule has 0 aliphatic rings. The van der Waals surface area contributed by atoms with Gasteiger partial charge in [0.15, 0.2) is 4.84 Å². The first-order valence-corrected chi connectivity index (χ1v) is 10.2. The molecule has 0 bridgehead atoms. The summed E-state index contributed by atoms with van der Waals surface area (Å²) >= 11 is 11.2. The predicted octanol–water partition coefficient (Wildman–Crippen LogP) is 4.05. The van der Waals surface area contributed by atoms with Crippen molar-refractivity contribution in [1.82, 2.24) is 9.79 Å². The van der Waals surface area contributed by atoms with Crippen molar-refractivity contribution >= 4 is 42.7 Å². The molecule has 0 radical (unpaired) electrons. The van der Waals surface area contributed by atoms with Gasteiger partial charge in [0, 0.05) is 13.2 Å². The average molecular weight is 411 g/mol. The van der Waals surface area contributed by atoms with Gasteiger partial charge in [-0.05, 0) is 12.5 Å². The second kappa shape index (κ2) is 10.0. The maximum Gasteiger partial charge on any atom is 0.437 e. The minimum atomic E-state index is -3.69. The topological polar surface area (TPSA) is 76.2 Å². The first-order valence-electron chi connectivity index (χ1n) is 7.57. The van der Waals surface area contributed by atoms with Crippen LogP contribution in [0.3, 0.4) is 0 Å². The molecule has 0 N–H and O–H groups in total. The number of carbonyl (C=O) groups excluding carboxylic acids is 2. The van der Waals surface area contributed by atoms with Crippen molar-refractivity contribution in [3.63, 3.8) is 0 Å². The van der Waals surface area contributed by atoms with Gasteiger partial charge in [-0.25, -0.2) is 9.80 Å². The molecule has 7 nitrogen and oxygen atoms in total. The molecule has 10 heteroatoms. The van der Waals surface area contributed by atoms with Crippen LogP contribution in [0.4, 0.5) is 4.79 Å². The van der Waals surface area contributed by atoms with Crippen LogP contribution in [0.25, 0.3) is 0 Å². The predicted molar refractivity (Wildman–Crippen MR) is 96.5 cm³/mol. The fourth-order valence-corrected chi connectivity index (χ4v) is 3.99. The van der Waals surface area contributed by atoms with Crippen LogP contribution >= 0.6 is 30.7 Å². The summed E-state index contributed by atoms with van der Waals surface area (Å²) in [6.07, 6.45) is -1.01. The van der Waals surface area contributed by atoms with Gasteiger partial charge in [0.2, 0.25) is 0 Å². The molecule has 0 heterocycles. The van der Waals surface area contributed by atoms with Crippen molar-refractivity contribution in [2.75, 3.05) is 19.8 Å². The van der Waals surface area contributed by atoms with Crippen LogP contribution < -0.4 is 0 Å². The van der Waals surface area contributed by atoms with Crippen molar-refractivity contribution in [3.05, 3.63) is 35.9 Å². The summed E-state index contributed by atoms with van der Waals surface area (Å²) in [7, 11) is -2.46. The number of hydrogen-bond acceptors (Lipinski definition) is 5. The van der Waals surface area contributed by atoms with Gasteiger partial charge >= 0.3 is 13.6 Å². The van der Waals surface area contributed by atoms with E-state index < -0.39 is 24.4 Å². The first-order chi connectivity index (χ1) is 11.8. The first kappa shape index (κ1) is 21.8. The third kappa shape index (κ3) is 5.89. The Morgan fingerprint density at radius 1 is 1.20 bits per heavy atom. The lowest BCUT2D eigenvalue weighted by atomic mass is 10.2. The van der Waals surface area contributed by atoms with Crippen molar-refractivity contribution in [1.29, 1.82) is 0 Å². The highest BCUT2D eigenvalue weighted by Gasteiger charge is 2.41. The van der Waals surface area contributed by atoms with Crippen LogP contribution in [0.1, 0.15) is 19.4 Å². The number of amides is 2. The molecular weight excluding hydrogens is 390 g/mol. The van der Waals surface area contributed by atoms with Crippen molar-refractivity contribution < 1.29 is 23.4 Å². The minimum Gasteiger partial charge on any atom is -0.443 e. The molecule has 140 valence electrons. The zero-order valence-corrected chi connectivity index (χ0v) is 16.6. The summed E-state index contributed by atoms with van der Waals surface area (Å²) in [6.45, 7) is 3.23. The van der Waals surface area contributed by atoms with E-state index in [1.54, 1.807) is 38.1 Å². The van der Waals surface area contributed by atoms with E-state index >= 15 is 0 Å². The SMILES string of the molecule is CCOP(=O)(CC)N(C(=O)OCc1ccccc1)N(C)C(=O)C(Cl)Cl. The molecule has 0 fully saturated rings. The van der Waals surface area contributed by atoms with Gasteiger partial charge in [0.05, 0.1) is 6.61 Å². The van der Waals surface area contributed by atoms with E-state index in [0.717, 1.165) is 10.6 Å². The normalized spacial score (nSPS) is 13.2. The Kier molecular flexibility index (Phi) is 8.73. The van der Waals surface area contributed by atoms with Gasteiger partial charge in [-0.2, -0.15) is 0 Å². The van der Waals surface area contributed by atoms with Crippen LogP contribution in [-0.4, -0.2) is 46.4 Å². The Balaban J connectivity index is 3.05. The number of alkyl halides is 2. The molecule has 1 unspecified atom stereocenters. The van der Waals surface area contributed by atoms with Crippen LogP contribution in [0.15, 0.2) is 30.3 Å². The molecule has 2 amide bonds. The van der Waals surface area contributed by atoms with Gasteiger partial charge in [-0.1, -0.05) is 60.5 Å². The number of hydrazine groups is 1. The molecule has 0 spiro atoms. The number of carbonyl (C=O) groups is 2. The Morgan fingerprint density at radius 3 is 2.28 bits per heavy atom. The third-order valence-corrected chi connectivity index (χ3v) is 6.02. The summed E-state index contributed by atoms with van der Waals surface area (Å²) < 4.78 is 24.1. The smallest absolute Gasteiger partial charge is 0.437 e. The van der Waals surface area contributed by atoms with E-state index in [9.17, 15) is 14.2 Å². The van der Waals surface area contributed by atoms with E-state index in [4.69, 9.17) is 32.5 Å². The fourth-order valence-electron chi connectivity index (χ4n) is 1.94. The molecule has 0 saturated heterocycles. The molecule has 1 aromatic carbocycles. The van der Waals surface area contributed by atoms with Crippen LogP contribution in [0, 0.1) is 0 Å². The van der Waals surface area contributed by atoms with Crippen LogP contribution in [0.2, 0.25) is 0 Å². The third-order valence-electron chi connectivity index (χ3n) is 3.18. The number of halogens is 2. The Bertz CT molecular complexity index is 630. The van der Waals surface area contributed by atoms with Gasteiger partial charge in [0.1, 0.15) is 6.61 Å². The van der Waals surface area contributed by atoms with Gasteiger partial charge in [-0.3, -0.25) is 9.36 Å². The number of ether oxygens (including phenoxy) is 1. The largest absolute Gasteiger partial charge is 0.443 e. The zero-order valence-electron chi connectivity index (χ0n) is 14.2. The quantitative estimate of drug-likeness (QED) is 0.385. The molecule has 0 saturated carbocycles. The molecule has 1 rings (SSSR count). The lowest BCUT2D eigenvalue weighted by molar-refractivity contribution is -0.136. The van der Waals surface area contributed by atoms with Crippen molar-refractivity contribution in [3.8, 4) is 0 Å². The highest BCUT2D eigenvalue weighted by molar-refractivity contribution is 7.57. The molecule has 0 aromatic heterocycles. The van der Waals surface area contributed by atoms with E-state index in [1.807, 2.05) is 6.07 Å². The summed E-state index contributed by atoms with van der Waals surface area (Å²) in [5.74, 6) is -0.826. The van der Waals surface area contributed by atoms with Gasteiger partial charge in [0.25, 0.3) is 5.91 Å². The van der Waals surface area contributed by atoms with Crippen molar-refractivity contribution in [2.45, 2.75) is 25.3 Å². The summed E-state index contributed by atoms with van der Waals surface area (Å²) in [5, 5.41) is 0.776. The average Bonchev–Trinajstić information content (AvgIpc) is 2.60. The van der Waals surface area contributed by atoms with Gasteiger partial charge < -0.3 is 9.26 Å². The molecular formula is C15H21Cl2N2O5P. The standard InChI is InChI=1S/C15H21Cl2N2O5P/c1-4-24-25(22,5-2)19(18(3)14(20)13(16)17)15(21)23-11-12-9-7-6-8-10-12/h6-10,13H,4-5,11H2,1-3H3. The molecule has 0 aliphatic carbocycles. The second-order valence-electron chi connectivity index (χ2n) is 4.86. The maximum atomic E-state index is 13.0.